The number of nitrogens with one attached hydrogen (secondary N) is 1. The molecule has 0 saturated heterocycles. The van der Waals surface area contributed by atoms with Gasteiger partial charge in [-0.05, 0) is 53.8 Å². The molecule has 0 fully saturated rings. The van der Waals surface area contributed by atoms with E-state index in [1.807, 2.05) is 55.5 Å². The normalized spacial score (nSPS) is 11.5. The van der Waals surface area contributed by atoms with Crippen LogP contribution in [0.5, 0.6) is 0 Å². The monoisotopic (exact) mass is 513 g/mol. The van der Waals surface area contributed by atoms with Gasteiger partial charge in [-0.25, -0.2) is 9.78 Å². The van der Waals surface area contributed by atoms with Crippen LogP contribution in [0.3, 0.4) is 0 Å². The first-order valence-corrected chi connectivity index (χ1v) is 12.4. The maximum Gasteiger partial charge on any atom is 0.336 e. The van der Waals surface area contributed by atoms with Crippen molar-refractivity contribution in [1.82, 2.24) is 14.5 Å². The van der Waals surface area contributed by atoms with Gasteiger partial charge in [-0.1, -0.05) is 49.4 Å². The van der Waals surface area contributed by atoms with E-state index in [2.05, 4.69) is 16.8 Å². The molecule has 2 N–H and O–H groups in total. The number of anilines is 1. The molecule has 196 valence electrons. The lowest BCUT2D eigenvalue weighted by atomic mass is 9.99. The van der Waals surface area contributed by atoms with E-state index >= 15 is 0 Å². The van der Waals surface area contributed by atoms with Crippen LogP contribution in [-0.2, 0) is 13.0 Å². The number of aromatic nitrogens is 2. The summed E-state index contributed by atoms with van der Waals surface area (Å²) in [5.41, 5.74) is 6.39. The summed E-state index contributed by atoms with van der Waals surface area (Å²) < 4.78 is 2.18. The van der Waals surface area contributed by atoms with Crippen LogP contribution in [0.25, 0.3) is 22.2 Å². The number of carbonyl (C=O) groups is 1. The Morgan fingerprint density at radius 2 is 1.87 bits per heavy atom. The lowest BCUT2D eigenvalue weighted by molar-refractivity contribution is -0.404. The number of hydrogen-bond acceptors (Lipinski definition) is 6. The fourth-order valence-corrected chi connectivity index (χ4v) is 4.50. The minimum Gasteiger partial charge on any atom is -0.478 e. The molecule has 0 atom stereocenters. The molecule has 9 heteroatoms. The van der Waals surface area contributed by atoms with Gasteiger partial charge in [0.05, 0.1) is 21.5 Å². The van der Waals surface area contributed by atoms with Crippen molar-refractivity contribution in [3.05, 3.63) is 105 Å². The van der Waals surface area contributed by atoms with E-state index in [0.29, 0.717) is 17.9 Å². The number of carboxylic acid groups (broad SMARTS) is 1. The highest BCUT2D eigenvalue weighted by molar-refractivity contribution is 5.96. The van der Waals surface area contributed by atoms with Gasteiger partial charge >= 0.3 is 5.97 Å². The van der Waals surface area contributed by atoms with Crippen molar-refractivity contribution in [2.24, 2.45) is 0 Å². The number of nitrogens with zero attached hydrogens (tertiary/aromatic N) is 4. The van der Waals surface area contributed by atoms with Gasteiger partial charge in [0.15, 0.2) is 5.82 Å². The van der Waals surface area contributed by atoms with Gasteiger partial charge in [0, 0.05) is 32.7 Å². The minimum absolute atomic E-state index is 0.268. The summed E-state index contributed by atoms with van der Waals surface area (Å²) in [6.45, 7) is 4.69. The Morgan fingerprint density at radius 3 is 2.50 bits per heavy atom. The zero-order valence-electron chi connectivity index (χ0n) is 21.9. The van der Waals surface area contributed by atoms with Gasteiger partial charge in [0.1, 0.15) is 5.82 Å². The average Bonchev–Trinajstić information content (AvgIpc) is 3.21. The molecule has 0 bridgehead atoms. The quantitative estimate of drug-likeness (QED) is 0.205. The molecule has 0 radical (unpaired) electrons. The molecule has 0 unspecified atom stereocenters. The molecule has 0 spiro atoms. The summed E-state index contributed by atoms with van der Waals surface area (Å²) in [6.07, 6.45) is 2.70. The van der Waals surface area contributed by atoms with Crippen molar-refractivity contribution < 1.29 is 14.8 Å². The predicted octanol–water partition coefficient (Wildman–Crippen LogP) is 5.76. The molecular formula is C29H31N5O4. The van der Waals surface area contributed by atoms with E-state index in [9.17, 15) is 20.0 Å². The first kappa shape index (κ1) is 26.4. The van der Waals surface area contributed by atoms with Crippen molar-refractivity contribution >= 4 is 22.7 Å². The Hall–Kier alpha value is -4.66. The van der Waals surface area contributed by atoms with Gasteiger partial charge in [0.25, 0.3) is 6.20 Å². The Morgan fingerprint density at radius 1 is 1.16 bits per heavy atom. The first-order chi connectivity index (χ1) is 18.2. The molecule has 0 amide bonds. The highest BCUT2D eigenvalue weighted by Crippen LogP contribution is 2.28. The summed E-state index contributed by atoms with van der Waals surface area (Å²) in [6, 6.07) is 18.8. The van der Waals surface area contributed by atoms with Gasteiger partial charge in [-0.15, -0.1) is 0 Å². The van der Waals surface area contributed by atoms with Crippen molar-refractivity contribution in [1.29, 1.82) is 0 Å². The van der Waals surface area contributed by atoms with E-state index < -0.39 is 10.9 Å². The standard InChI is InChI=1S/C29H31N5O4/c1-5-8-26-31-28-19(2)15-22(30-27(32(3)4)18-34(37)38)16-25(28)33(26)17-20-11-13-21(14-12-20)23-9-6-7-10-24(23)29(35)36/h6-7,9-16,18,30H,5,8,17H2,1-4H3,(H,35,36). The van der Waals surface area contributed by atoms with E-state index in [1.54, 1.807) is 31.1 Å². The number of nitro groups is 1. The van der Waals surface area contributed by atoms with E-state index in [4.69, 9.17) is 4.98 Å². The van der Waals surface area contributed by atoms with Crippen LogP contribution in [-0.4, -0.2) is 44.5 Å². The third-order valence-electron chi connectivity index (χ3n) is 6.34. The fourth-order valence-electron chi connectivity index (χ4n) is 4.50. The molecule has 3 aromatic carbocycles. The van der Waals surface area contributed by atoms with Crippen LogP contribution < -0.4 is 5.32 Å². The van der Waals surface area contributed by atoms with E-state index in [1.165, 1.54) is 0 Å². The summed E-state index contributed by atoms with van der Waals surface area (Å²) in [5, 5.41) is 23.8. The molecule has 1 aromatic heterocycles. The van der Waals surface area contributed by atoms with Crippen LogP contribution >= 0.6 is 0 Å². The van der Waals surface area contributed by atoms with Crippen molar-refractivity contribution in [2.45, 2.75) is 33.2 Å². The lowest BCUT2D eigenvalue weighted by Crippen LogP contribution is -2.19. The molecule has 0 aliphatic rings. The van der Waals surface area contributed by atoms with Gasteiger partial charge in [-0.3, -0.25) is 10.1 Å². The molecule has 0 saturated carbocycles. The minimum atomic E-state index is -0.955. The summed E-state index contributed by atoms with van der Waals surface area (Å²) >= 11 is 0. The molecule has 1 heterocycles. The first-order valence-electron chi connectivity index (χ1n) is 12.4. The summed E-state index contributed by atoms with van der Waals surface area (Å²) in [4.78, 5) is 28.9. The smallest absolute Gasteiger partial charge is 0.336 e. The Labute approximate surface area is 221 Å². The van der Waals surface area contributed by atoms with E-state index in [-0.39, 0.29) is 5.56 Å². The van der Waals surface area contributed by atoms with Crippen LogP contribution in [0.4, 0.5) is 5.69 Å². The van der Waals surface area contributed by atoms with Gasteiger partial charge in [-0.2, -0.15) is 0 Å². The number of aryl methyl sites for hydroxylation is 2. The molecule has 38 heavy (non-hydrogen) atoms. The number of fused-ring (bicyclic) bond motifs is 1. The second-order valence-corrected chi connectivity index (χ2v) is 9.39. The number of carboxylic acids is 1. The van der Waals surface area contributed by atoms with E-state index in [0.717, 1.165) is 58.3 Å². The Bertz CT molecular complexity index is 1520. The number of rotatable bonds is 10. The zero-order valence-corrected chi connectivity index (χ0v) is 21.9. The SMILES string of the molecule is CCCc1nc2c(C)cc(NC(=C[N+](=O)[O-])N(C)C)cc2n1Cc1ccc(-c2ccccc2C(=O)O)cc1. The largest absolute Gasteiger partial charge is 0.478 e. The van der Waals surface area contributed by atoms with Gasteiger partial charge < -0.3 is 19.9 Å². The summed E-state index contributed by atoms with van der Waals surface area (Å²) in [7, 11) is 3.49. The van der Waals surface area contributed by atoms with Crippen LogP contribution in [0.1, 0.15) is 40.7 Å². The van der Waals surface area contributed by atoms with Crippen molar-refractivity contribution in [3.63, 3.8) is 0 Å². The third-order valence-corrected chi connectivity index (χ3v) is 6.34. The zero-order chi connectivity index (χ0) is 27.4. The van der Waals surface area contributed by atoms with Crippen LogP contribution in [0, 0.1) is 17.0 Å². The van der Waals surface area contributed by atoms with Crippen LogP contribution in [0.15, 0.2) is 72.7 Å². The summed E-state index contributed by atoms with van der Waals surface area (Å²) in [5.74, 6) is 0.381. The molecule has 4 aromatic rings. The topological polar surface area (TPSA) is 114 Å². The molecular weight excluding hydrogens is 482 g/mol. The number of hydrogen-bond donors (Lipinski definition) is 2. The number of benzene rings is 3. The lowest BCUT2D eigenvalue weighted by Gasteiger charge is -2.17. The highest BCUT2D eigenvalue weighted by atomic mass is 16.6. The Balaban J connectivity index is 1.72. The molecule has 0 aliphatic carbocycles. The predicted molar refractivity (Wildman–Crippen MR) is 149 cm³/mol. The third kappa shape index (κ3) is 5.67. The maximum atomic E-state index is 11.7. The van der Waals surface area contributed by atoms with Gasteiger partial charge in [0.2, 0.25) is 0 Å². The average molecular weight is 514 g/mol. The Kier molecular flexibility index (Phi) is 7.76. The second kappa shape index (κ2) is 11.2. The number of imidazole rings is 1. The fraction of sp³-hybridized carbons (Fsp3) is 0.241. The van der Waals surface area contributed by atoms with Crippen LogP contribution in [0.2, 0.25) is 0 Å². The molecule has 0 aliphatic heterocycles. The van der Waals surface area contributed by atoms with Crippen molar-refractivity contribution in [2.75, 3.05) is 19.4 Å². The second-order valence-electron chi connectivity index (χ2n) is 9.39. The molecule has 4 rings (SSSR count). The highest BCUT2D eigenvalue weighted by Gasteiger charge is 2.16. The maximum absolute atomic E-state index is 11.7. The number of aromatic carboxylic acids is 1. The van der Waals surface area contributed by atoms with Crippen molar-refractivity contribution in [3.8, 4) is 11.1 Å². The molecule has 9 nitrogen and oxygen atoms in total.